The van der Waals surface area contributed by atoms with Crippen LogP contribution in [-0.2, 0) is 16.2 Å². The number of nitrogens with one attached hydrogen (secondary N) is 1. The fourth-order valence-corrected chi connectivity index (χ4v) is 5.99. The van der Waals surface area contributed by atoms with E-state index in [1.165, 1.54) is 0 Å². The number of carbonyl (C=O) groups excluding carboxylic acids is 3. The van der Waals surface area contributed by atoms with Crippen LogP contribution in [0.5, 0.6) is 5.75 Å². The van der Waals surface area contributed by atoms with Crippen molar-refractivity contribution >= 4 is 95.6 Å². The van der Waals surface area contributed by atoms with Crippen LogP contribution in [0.1, 0.15) is 11.1 Å². The molecule has 4 rings (SSSR count). The Morgan fingerprint density at radius 3 is 2.39 bits per heavy atom. The van der Waals surface area contributed by atoms with E-state index in [-0.39, 0.29) is 18.1 Å². The summed E-state index contributed by atoms with van der Waals surface area (Å²) in [5, 5.41) is 3.20. The highest BCUT2D eigenvalue weighted by Crippen LogP contribution is 2.38. The van der Waals surface area contributed by atoms with Crippen molar-refractivity contribution in [2.45, 2.75) is 6.61 Å². The maximum atomic E-state index is 12.8. The molecule has 1 aliphatic heterocycles. The molecular formula is C25H16Br2Cl2N2O4S. The van der Waals surface area contributed by atoms with E-state index < -0.39 is 17.1 Å². The first-order chi connectivity index (χ1) is 17.2. The van der Waals surface area contributed by atoms with Gasteiger partial charge in [0.2, 0.25) is 5.91 Å². The highest BCUT2D eigenvalue weighted by atomic mass is 79.9. The quantitative estimate of drug-likeness (QED) is 0.260. The maximum absolute atomic E-state index is 12.8. The first-order valence-electron chi connectivity index (χ1n) is 10.4. The van der Waals surface area contributed by atoms with Crippen molar-refractivity contribution in [1.29, 1.82) is 0 Å². The molecule has 0 unspecified atom stereocenters. The van der Waals surface area contributed by atoms with Crippen LogP contribution in [0.25, 0.3) is 6.08 Å². The number of hydrogen-bond donors (Lipinski definition) is 1. The van der Waals surface area contributed by atoms with Gasteiger partial charge in [0.05, 0.1) is 13.9 Å². The summed E-state index contributed by atoms with van der Waals surface area (Å²) >= 11 is 19.9. The molecule has 1 N–H and O–H groups in total. The van der Waals surface area contributed by atoms with Gasteiger partial charge in [-0.05, 0) is 91.7 Å². The predicted molar refractivity (Wildman–Crippen MR) is 150 cm³/mol. The normalized spacial score (nSPS) is 14.4. The summed E-state index contributed by atoms with van der Waals surface area (Å²) in [6, 6.07) is 17.5. The summed E-state index contributed by atoms with van der Waals surface area (Å²) in [5.74, 6) is -0.445. The Morgan fingerprint density at radius 2 is 1.72 bits per heavy atom. The molecule has 0 saturated carbocycles. The van der Waals surface area contributed by atoms with Crippen molar-refractivity contribution in [3.63, 3.8) is 0 Å². The van der Waals surface area contributed by atoms with E-state index in [9.17, 15) is 14.4 Å². The second-order valence-electron chi connectivity index (χ2n) is 7.52. The first-order valence-corrected chi connectivity index (χ1v) is 13.5. The molecular weight excluding hydrogens is 655 g/mol. The van der Waals surface area contributed by atoms with E-state index in [1.54, 1.807) is 60.7 Å². The zero-order valence-corrected chi connectivity index (χ0v) is 23.8. The molecule has 0 spiro atoms. The van der Waals surface area contributed by atoms with Gasteiger partial charge in [0.15, 0.2) is 0 Å². The van der Waals surface area contributed by atoms with Crippen molar-refractivity contribution < 1.29 is 19.1 Å². The van der Waals surface area contributed by atoms with E-state index in [4.69, 9.17) is 27.9 Å². The fraction of sp³-hybridized carbons (Fsp3) is 0.0800. The highest BCUT2D eigenvalue weighted by molar-refractivity contribution is 9.11. The second-order valence-corrected chi connectivity index (χ2v) is 11.1. The van der Waals surface area contributed by atoms with Crippen LogP contribution in [-0.4, -0.2) is 28.5 Å². The Labute approximate surface area is 238 Å². The van der Waals surface area contributed by atoms with Crippen molar-refractivity contribution in [2.24, 2.45) is 0 Å². The van der Waals surface area contributed by atoms with Crippen molar-refractivity contribution in [3.8, 4) is 5.75 Å². The third-order valence-electron chi connectivity index (χ3n) is 4.94. The largest absolute Gasteiger partial charge is 0.486 e. The van der Waals surface area contributed by atoms with E-state index in [2.05, 4.69) is 37.2 Å². The van der Waals surface area contributed by atoms with Crippen molar-refractivity contribution in [2.75, 3.05) is 11.9 Å². The van der Waals surface area contributed by atoms with Gasteiger partial charge in [-0.3, -0.25) is 19.3 Å². The minimum absolute atomic E-state index is 0.216. The van der Waals surface area contributed by atoms with Gasteiger partial charge >= 0.3 is 0 Å². The zero-order valence-electron chi connectivity index (χ0n) is 18.3. The summed E-state index contributed by atoms with van der Waals surface area (Å²) in [7, 11) is 0. The number of anilines is 1. The highest BCUT2D eigenvalue weighted by Gasteiger charge is 2.36. The predicted octanol–water partition coefficient (Wildman–Crippen LogP) is 7.77. The van der Waals surface area contributed by atoms with Crippen LogP contribution >= 0.6 is 66.8 Å². The van der Waals surface area contributed by atoms with Crippen LogP contribution in [0.4, 0.5) is 10.5 Å². The van der Waals surface area contributed by atoms with Gasteiger partial charge in [-0.1, -0.05) is 47.5 Å². The third kappa shape index (κ3) is 6.52. The number of nitrogens with zero attached hydrogens (tertiary/aromatic N) is 1. The molecule has 0 bridgehead atoms. The number of benzene rings is 3. The SMILES string of the molecule is O=C(CN1C(=O)S/C(=C\c2cc(Br)c(OCc3ccc(Cl)cc3Cl)c(Br)c2)C1=O)Nc1ccccc1. The number of imide groups is 1. The molecule has 36 heavy (non-hydrogen) atoms. The van der Waals surface area contributed by atoms with Crippen molar-refractivity contribution in [1.82, 2.24) is 4.90 Å². The topological polar surface area (TPSA) is 75.7 Å². The number of rotatable bonds is 7. The maximum Gasteiger partial charge on any atom is 0.294 e. The molecule has 0 aliphatic carbocycles. The lowest BCUT2D eigenvalue weighted by Crippen LogP contribution is -2.36. The molecule has 184 valence electrons. The van der Waals surface area contributed by atoms with Gasteiger partial charge in [-0.25, -0.2) is 0 Å². The smallest absolute Gasteiger partial charge is 0.294 e. The molecule has 1 saturated heterocycles. The lowest BCUT2D eigenvalue weighted by atomic mass is 10.2. The standard InChI is InChI=1S/C25H16Br2Cl2N2O4S/c26-18-8-14(9-19(27)23(18)35-13-15-6-7-16(28)11-20(15)29)10-21-24(33)31(25(34)36-21)12-22(32)30-17-4-2-1-3-5-17/h1-11H,12-13H2,(H,30,32)/b21-10-. The molecule has 1 fully saturated rings. The lowest BCUT2D eigenvalue weighted by molar-refractivity contribution is -0.127. The summed E-state index contributed by atoms with van der Waals surface area (Å²) in [5.41, 5.74) is 2.01. The zero-order chi connectivity index (χ0) is 25.8. The van der Waals surface area contributed by atoms with Crippen LogP contribution in [0.15, 0.2) is 74.5 Å². The summed E-state index contributed by atoms with van der Waals surface area (Å²) in [4.78, 5) is 38.7. The number of carbonyl (C=O) groups is 3. The van der Waals surface area contributed by atoms with Gasteiger partial charge in [0.25, 0.3) is 11.1 Å². The lowest BCUT2D eigenvalue weighted by Gasteiger charge is -2.13. The molecule has 0 atom stereocenters. The average Bonchev–Trinajstić information content (AvgIpc) is 3.07. The third-order valence-corrected chi connectivity index (χ3v) is 7.61. The van der Waals surface area contributed by atoms with E-state index >= 15 is 0 Å². The Balaban J connectivity index is 1.45. The van der Waals surface area contributed by atoms with E-state index in [0.717, 1.165) is 22.2 Å². The Kier molecular flexibility index (Phi) is 8.79. The summed E-state index contributed by atoms with van der Waals surface area (Å²) in [6.45, 7) is -0.152. The first kappa shape index (κ1) is 26.8. The molecule has 1 aliphatic rings. The number of amides is 3. The van der Waals surface area contributed by atoms with E-state index in [0.29, 0.717) is 36.0 Å². The van der Waals surface area contributed by atoms with Gasteiger partial charge in [0, 0.05) is 21.3 Å². The van der Waals surface area contributed by atoms with Gasteiger partial charge < -0.3 is 10.1 Å². The van der Waals surface area contributed by atoms with Gasteiger partial charge in [0.1, 0.15) is 18.9 Å². The van der Waals surface area contributed by atoms with Crippen LogP contribution in [0, 0.1) is 0 Å². The Morgan fingerprint density at radius 1 is 1.03 bits per heavy atom. The summed E-state index contributed by atoms with van der Waals surface area (Å²) in [6.07, 6.45) is 1.59. The number of ether oxygens (including phenoxy) is 1. The van der Waals surface area contributed by atoms with E-state index in [1.807, 2.05) is 6.07 Å². The average molecular weight is 671 g/mol. The minimum Gasteiger partial charge on any atom is -0.486 e. The molecule has 1 heterocycles. The molecule has 3 amide bonds. The van der Waals surface area contributed by atoms with Gasteiger partial charge in [-0.2, -0.15) is 0 Å². The van der Waals surface area contributed by atoms with Gasteiger partial charge in [-0.15, -0.1) is 0 Å². The fourth-order valence-electron chi connectivity index (χ4n) is 3.24. The van der Waals surface area contributed by atoms with Crippen LogP contribution in [0.3, 0.4) is 0 Å². The summed E-state index contributed by atoms with van der Waals surface area (Å²) < 4.78 is 7.19. The monoisotopic (exact) mass is 668 g/mol. The number of hydrogen-bond acceptors (Lipinski definition) is 5. The van der Waals surface area contributed by atoms with Crippen molar-refractivity contribution in [3.05, 3.63) is 95.7 Å². The Bertz CT molecular complexity index is 1360. The number of para-hydroxylation sites is 1. The molecule has 6 nitrogen and oxygen atoms in total. The molecule has 3 aromatic carbocycles. The number of halogens is 4. The van der Waals surface area contributed by atoms with Crippen LogP contribution in [0.2, 0.25) is 10.0 Å². The Hall–Kier alpha value is -2.30. The second kappa shape index (κ2) is 11.8. The molecule has 0 radical (unpaired) electrons. The molecule has 0 aromatic heterocycles. The van der Waals surface area contributed by atoms with Crippen LogP contribution < -0.4 is 10.1 Å². The molecule has 3 aromatic rings. The minimum atomic E-state index is -0.529. The number of thioether (sulfide) groups is 1. The molecule has 11 heteroatoms.